The molecule has 2 heterocycles. The van der Waals surface area contributed by atoms with Crippen LogP contribution in [0, 0.1) is 0 Å². The fraction of sp³-hybridized carbons (Fsp3) is 0.0714. The molecule has 0 aliphatic rings. The van der Waals surface area contributed by atoms with Gasteiger partial charge in [0.25, 0.3) is 0 Å². The first-order valence-corrected chi connectivity index (χ1v) is 6.16. The molecular formula is C14H12N4O3. The average Bonchev–Trinajstić information content (AvgIpc) is 2.82. The Morgan fingerprint density at radius 2 is 1.90 bits per heavy atom. The molecule has 3 rings (SSSR count). The number of anilines is 2. The van der Waals surface area contributed by atoms with E-state index in [1.54, 1.807) is 30.5 Å². The zero-order valence-electron chi connectivity index (χ0n) is 10.9. The third-order valence-corrected chi connectivity index (χ3v) is 3.15. The highest BCUT2D eigenvalue weighted by Gasteiger charge is 2.13. The van der Waals surface area contributed by atoms with E-state index in [0.29, 0.717) is 17.5 Å². The van der Waals surface area contributed by atoms with Crippen molar-refractivity contribution in [2.45, 2.75) is 6.42 Å². The lowest BCUT2D eigenvalue weighted by atomic mass is 10.0. The maximum Gasteiger partial charge on any atom is 0.335 e. The number of aromatic nitrogens is 2. The summed E-state index contributed by atoms with van der Waals surface area (Å²) in [6.45, 7) is 0. The summed E-state index contributed by atoms with van der Waals surface area (Å²) < 4.78 is 5.34. The Morgan fingerprint density at radius 1 is 1.19 bits per heavy atom. The van der Waals surface area contributed by atoms with Gasteiger partial charge in [-0.15, -0.1) is 0 Å². The summed E-state index contributed by atoms with van der Waals surface area (Å²) >= 11 is 0. The molecule has 0 saturated heterocycles. The predicted molar refractivity (Wildman–Crippen MR) is 76.8 cm³/mol. The highest BCUT2D eigenvalue weighted by molar-refractivity contribution is 5.89. The summed E-state index contributed by atoms with van der Waals surface area (Å²) in [6.07, 6.45) is 2.09. The summed E-state index contributed by atoms with van der Waals surface area (Å²) in [5, 5.41) is 9.51. The van der Waals surface area contributed by atoms with Crippen molar-refractivity contribution >= 4 is 28.8 Å². The fourth-order valence-corrected chi connectivity index (χ4v) is 2.16. The first-order chi connectivity index (χ1) is 10.0. The number of carboxylic acids is 1. The molecule has 0 unspecified atom stereocenters. The highest BCUT2D eigenvalue weighted by atomic mass is 16.4. The number of nitrogens with two attached hydrogens (primary N) is 2. The second-order valence-electron chi connectivity index (χ2n) is 4.59. The summed E-state index contributed by atoms with van der Waals surface area (Å²) in [4.78, 5) is 18.7. The van der Waals surface area contributed by atoms with Crippen molar-refractivity contribution in [1.29, 1.82) is 0 Å². The number of nitrogen functional groups attached to an aromatic ring is 2. The second-order valence-corrected chi connectivity index (χ2v) is 4.59. The molecule has 5 N–H and O–H groups in total. The van der Waals surface area contributed by atoms with Gasteiger partial charge >= 0.3 is 5.97 Å². The highest BCUT2D eigenvalue weighted by Crippen LogP contribution is 2.27. The van der Waals surface area contributed by atoms with E-state index in [0.717, 1.165) is 11.1 Å². The molecular weight excluding hydrogens is 272 g/mol. The van der Waals surface area contributed by atoms with Gasteiger partial charge in [-0.3, -0.25) is 0 Å². The van der Waals surface area contributed by atoms with Crippen LogP contribution in [0.15, 0.2) is 34.9 Å². The van der Waals surface area contributed by atoms with E-state index in [1.165, 1.54) is 0 Å². The van der Waals surface area contributed by atoms with Crippen molar-refractivity contribution in [1.82, 2.24) is 9.97 Å². The molecule has 0 aliphatic carbocycles. The first kappa shape index (κ1) is 12.9. The number of benzene rings is 1. The lowest BCUT2D eigenvalue weighted by Crippen LogP contribution is -2.00. The number of aromatic carboxylic acids is 1. The van der Waals surface area contributed by atoms with Crippen LogP contribution in [0.1, 0.15) is 21.5 Å². The third-order valence-electron chi connectivity index (χ3n) is 3.15. The van der Waals surface area contributed by atoms with Crippen LogP contribution in [-0.2, 0) is 6.42 Å². The van der Waals surface area contributed by atoms with Crippen LogP contribution < -0.4 is 11.5 Å². The SMILES string of the molecule is Nc1nc(N)c2c(Cc3ccc(C(=O)O)cc3)coc2n1. The van der Waals surface area contributed by atoms with Gasteiger partial charge in [0.2, 0.25) is 11.7 Å². The van der Waals surface area contributed by atoms with E-state index in [-0.39, 0.29) is 17.3 Å². The molecule has 0 atom stereocenters. The molecule has 0 aliphatic heterocycles. The third kappa shape index (κ3) is 2.36. The number of carbonyl (C=O) groups is 1. The molecule has 0 radical (unpaired) electrons. The number of hydrogen-bond donors (Lipinski definition) is 3. The van der Waals surface area contributed by atoms with Gasteiger partial charge in [0.05, 0.1) is 17.2 Å². The zero-order valence-corrected chi connectivity index (χ0v) is 10.9. The van der Waals surface area contributed by atoms with Gasteiger partial charge in [0.15, 0.2) is 0 Å². The quantitative estimate of drug-likeness (QED) is 0.667. The minimum atomic E-state index is -0.955. The summed E-state index contributed by atoms with van der Waals surface area (Å²) in [5.41, 5.74) is 13.7. The number of fused-ring (bicyclic) bond motifs is 1. The summed E-state index contributed by atoms with van der Waals surface area (Å²) in [6, 6.07) is 6.60. The van der Waals surface area contributed by atoms with E-state index < -0.39 is 5.97 Å². The van der Waals surface area contributed by atoms with Gasteiger partial charge in [-0.05, 0) is 17.7 Å². The van der Waals surface area contributed by atoms with E-state index in [2.05, 4.69) is 9.97 Å². The lowest BCUT2D eigenvalue weighted by Gasteiger charge is -2.02. The molecule has 2 aromatic heterocycles. The number of carboxylic acid groups (broad SMARTS) is 1. The first-order valence-electron chi connectivity index (χ1n) is 6.16. The molecule has 3 aromatic rings. The van der Waals surface area contributed by atoms with Crippen molar-refractivity contribution in [3.8, 4) is 0 Å². The van der Waals surface area contributed by atoms with Crippen LogP contribution >= 0.6 is 0 Å². The minimum absolute atomic E-state index is 0.0618. The number of hydrogen-bond acceptors (Lipinski definition) is 6. The van der Waals surface area contributed by atoms with Gasteiger partial charge in [-0.25, -0.2) is 4.79 Å². The maximum absolute atomic E-state index is 10.8. The van der Waals surface area contributed by atoms with E-state index in [4.69, 9.17) is 21.0 Å². The van der Waals surface area contributed by atoms with E-state index >= 15 is 0 Å². The maximum atomic E-state index is 10.8. The topological polar surface area (TPSA) is 128 Å². The largest absolute Gasteiger partial charge is 0.478 e. The zero-order chi connectivity index (χ0) is 15.0. The Hall–Kier alpha value is -3.09. The lowest BCUT2D eigenvalue weighted by molar-refractivity contribution is 0.0697. The molecule has 0 bridgehead atoms. The Morgan fingerprint density at radius 3 is 2.57 bits per heavy atom. The molecule has 7 heteroatoms. The average molecular weight is 284 g/mol. The van der Waals surface area contributed by atoms with Crippen molar-refractivity contribution in [3.05, 3.63) is 47.2 Å². The number of rotatable bonds is 3. The summed E-state index contributed by atoms with van der Waals surface area (Å²) in [5.74, 6) is -0.626. The molecule has 0 amide bonds. The molecule has 7 nitrogen and oxygen atoms in total. The minimum Gasteiger partial charge on any atom is -0.478 e. The standard InChI is InChI=1S/C14H12N4O3/c15-11-10-9(6-21-12(10)18-14(16)17-11)5-7-1-3-8(4-2-7)13(19)20/h1-4,6H,5H2,(H,19,20)(H4,15,16,17,18). The van der Waals surface area contributed by atoms with Gasteiger partial charge in [-0.2, -0.15) is 9.97 Å². The van der Waals surface area contributed by atoms with Gasteiger partial charge in [0, 0.05) is 12.0 Å². The smallest absolute Gasteiger partial charge is 0.335 e. The van der Waals surface area contributed by atoms with Crippen molar-refractivity contribution in [3.63, 3.8) is 0 Å². The predicted octanol–water partition coefficient (Wildman–Crippen LogP) is 1.68. The number of nitrogens with zero attached hydrogens (tertiary/aromatic N) is 2. The van der Waals surface area contributed by atoms with Crippen molar-refractivity contribution < 1.29 is 14.3 Å². The van der Waals surface area contributed by atoms with Crippen LogP contribution in [0.5, 0.6) is 0 Å². The molecule has 0 saturated carbocycles. The molecule has 0 fully saturated rings. The van der Waals surface area contributed by atoms with Gasteiger partial charge in [-0.1, -0.05) is 12.1 Å². The van der Waals surface area contributed by atoms with E-state index in [9.17, 15) is 4.79 Å². The summed E-state index contributed by atoms with van der Waals surface area (Å²) in [7, 11) is 0. The van der Waals surface area contributed by atoms with Crippen molar-refractivity contribution in [2.75, 3.05) is 11.5 Å². The molecule has 106 valence electrons. The Bertz CT molecular complexity index is 824. The van der Waals surface area contributed by atoms with Crippen LogP contribution in [0.2, 0.25) is 0 Å². The van der Waals surface area contributed by atoms with Crippen LogP contribution in [0.3, 0.4) is 0 Å². The Labute approximate surface area is 119 Å². The fourth-order valence-electron chi connectivity index (χ4n) is 2.16. The van der Waals surface area contributed by atoms with Crippen LogP contribution in [-0.4, -0.2) is 21.0 Å². The number of furan rings is 1. The molecule has 21 heavy (non-hydrogen) atoms. The van der Waals surface area contributed by atoms with Crippen molar-refractivity contribution in [2.24, 2.45) is 0 Å². The molecule has 1 aromatic carbocycles. The normalized spacial score (nSPS) is 10.9. The van der Waals surface area contributed by atoms with Gasteiger partial charge < -0.3 is 21.0 Å². The van der Waals surface area contributed by atoms with Crippen LogP contribution in [0.25, 0.3) is 11.1 Å². The second kappa shape index (κ2) is 4.78. The molecule has 0 spiro atoms. The van der Waals surface area contributed by atoms with E-state index in [1.807, 2.05) is 0 Å². The monoisotopic (exact) mass is 284 g/mol. The Balaban J connectivity index is 1.96. The van der Waals surface area contributed by atoms with Gasteiger partial charge in [0.1, 0.15) is 5.82 Å². The Kier molecular flexibility index (Phi) is 2.94. The van der Waals surface area contributed by atoms with Crippen LogP contribution in [0.4, 0.5) is 11.8 Å².